The lowest BCUT2D eigenvalue weighted by molar-refractivity contribution is -0.136. The molecule has 1 heterocycles. The number of nitrogens with zero attached hydrogens (tertiary/aromatic N) is 1. The Morgan fingerprint density at radius 1 is 1.31 bits per heavy atom. The van der Waals surface area contributed by atoms with Gasteiger partial charge in [-0.3, -0.25) is 4.98 Å². The second-order valence-corrected chi connectivity index (χ2v) is 3.69. The van der Waals surface area contributed by atoms with Gasteiger partial charge < -0.3 is 5.11 Å². The zero-order valence-electron chi connectivity index (χ0n) is 8.74. The van der Waals surface area contributed by atoms with Crippen LogP contribution in [0.15, 0.2) is 24.4 Å². The summed E-state index contributed by atoms with van der Waals surface area (Å²) in [7, 11) is 0. The number of rotatable bonds is 5. The molecule has 1 atom stereocenters. The summed E-state index contributed by atoms with van der Waals surface area (Å²) in [6.07, 6.45) is -3.72. The third-order valence-electron chi connectivity index (χ3n) is 2.17. The van der Waals surface area contributed by atoms with Crippen LogP contribution in [-0.2, 0) is 6.42 Å². The zero-order valence-corrected chi connectivity index (χ0v) is 8.74. The molecule has 1 aromatic heterocycles. The number of hydrogen-bond donors (Lipinski definition) is 1. The Kier molecular flexibility index (Phi) is 4.73. The van der Waals surface area contributed by atoms with E-state index in [0.29, 0.717) is 12.1 Å². The van der Waals surface area contributed by atoms with Gasteiger partial charge in [-0.15, -0.1) is 0 Å². The summed E-state index contributed by atoms with van der Waals surface area (Å²) >= 11 is 0. The van der Waals surface area contributed by atoms with Gasteiger partial charge in [-0.2, -0.15) is 13.2 Å². The lowest BCUT2D eigenvalue weighted by Gasteiger charge is -2.10. The van der Waals surface area contributed by atoms with Gasteiger partial charge in [0.2, 0.25) is 0 Å². The fraction of sp³-hybridized carbons (Fsp3) is 0.545. The number of alkyl halides is 3. The van der Waals surface area contributed by atoms with E-state index < -0.39 is 18.7 Å². The van der Waals surface area contributed by atoms with E-state index >= 15 is 0 Å². The van der Waals surface area contributed by atoms with Crippen molar-refractivity contribution in [1.82, 2.24) is 4.98 Å². The molecule has 0 aromatic carbocycles. The molecule has 1 N–H and O–H groups in total. The van der Waals surface area contributed by atoms with Gasteiger partial charge in [0.1, 0.15) is 0 Å². The Morgan fingerprint density at radius 3 is 2.62 bits per heavy atom. The molecule has 0 aliphatic rings. The summed E-state index contributed by atoms with van der Waals surface area (Å²) in [6.45, 7) is 0. The Bertz CT molecular complexity index is 300. The van der Waals surface area contributed by atoms with Crippen molar-refractivity contribution >= 4 is 0 Å². The normalized spacial score (nSPS) is 13.8. The summed E-state index contributed by atoms with van der Waals surface area (Å²) in [5.74, 6) is 0. The molecule has 90 valence electrons. The molecule has 0 radical (unpaired) electrons. The summed E-state index contributed by atoms with van der Waals surface area (Å²) < 4.78 is 35.5. The maximum atomic E-state index is 11.8. The van der Waals surface area contributed by atoms with Crippen molar-refractivity contribution in [3.63, 3.8) is 0 Å². The second-order valence-electron chi connectivity index (χ2n) is 3.69. The van der Waals surface area contributed by atoms with Crippen molar-refractivity contribution in [3.8, 4) is 0 Å². The van der Waals surface area contributed by atoms with Gasteiger partial charge in [-0.25, -0.2) is 0 Å². The number of hydrogen-bond acceptors (Lipinski definition) is 2. The zero-order chi connectivity index (χ0) is 12.0. The van der Waals surface area contributed by atoms with Crippen LogP contribution in [0.4, 0.5) is 13.2 Å². The van der Waals surface area contributed by atoms with Crippen molar-refractivity contribution in [2.24, 2.45) is 0 Å². The number of aliphatic hydroxyl groups excluding tert-OH is 1. The lowest BCUT2D eigenvalue weighted by atomic mass is 10.1. The number of aliphatic hydroxyl groups is 1. The van der Waals surface area contributed by atoms with Crippen LogP contribution in [0.1, 0.15) is 25.0 Å². The van der Waals surface area contributed by atoms with E-state index in [1.165, 1.54) is 0 Å². The first-order valence-corrected chi connectivity index (χ1v) is 5.12. The van der Waals surface area contributed by atoms with Gasteiger partial charge in [-0.1, -0.05) is 6.07 Å². The van der Waals surface area contributed by atoms with Crippen molar-refractivity contribution in [1.29, 1.82) is 0 Å². The first kappa shape index (κ1) is 13.0. The van der Waals surface area contributed by atoms with Crippen LogP contribution in [0.25, 0.3) is 0 Å². The fourth-order valence-electron chi connectivity index (χ4n) is 1.40. The molecular weight excluding hydrogens is 219 g/mol. The van der Waals surface area contributed by atoms with Gasteiger partial charge in [0, 0.05) is 24.7 Å². The van der Waals surface area contributed by atoms with E-state index in [2.05, 4.69) is 4.98 Å². The highest BCUT2D eigenvalue weighted by Gasteiger charge is 2.26. The van der Waals surface area contributed by atoms with Crippen LogP contribution in [0.5, 0.6) is 0 Å². The lowest BCUT2D eigenvalue weighted by Crippen LogP contribution is -2.14. The van der Waals surface area contributed by atoms with Crippen molar-refractivity contribution in [2.45, 2.75) is 38.0 Å². The van der Waals surface area contributed by atoms with Gasteiger partial charge in [0.25, 0.3) is 0 Å². The topological polar surface area (TPSA) is 33.1 Å². The minimum Gasteiger partial charge on any atom is -0.393 e. The summed E-state index contributed by atoms with van der Waals surface area (Å²) in [4.78, 5) is 3.99. The fourth-order valence-corrected chi connectivity index (χ4v) is 1.40. The third-order valence-corrected chi connectivity index (χ3v) is 2.17. The van der Waals surface area contributed by atoms with Gasteiger partial charge in [0.15, 0.2) is 0 Å². The molecule has 0 saturated heterocycles. The van der Waals surface area contributed by atoms with Crippen LogP contribution >= 0.6 is 0 Å². The van der Waals surface area contributed by atoms with Crippen LogP contribution in [-0.4, -0.2) is 22.4 Å². The average molecular weight is 233 g/mol. The van der Waals surface area contributed by atoms with Gasteiger partial charge in [-0.05, 0) is 25.0 Å². The minimum absolute atomic E-state index is 0.0441. The summed E-state index contributed by atoms with van der Waals surface area (Å²) in [5.41, 5.74) is 0.696. The molecule has 1 rings (SSSR count). The van der Waals surface area contributed by atoms with E-state index in [1.807, 2.05) is 0 Å². The smallest absolute Gasteiger partial charge is 0.389 e. The monoisotopic (exact) mass is 233 g/mol. The van der Waals surface area contributed by atoms with E-state index in [0.717, 1.165) is 0 Å². The molecule has 1 aromatic rings. The average Bonchev–Trinajstić information content (AvgIpc) is 2.17. The third kappa shape index (κ3) is 5.70. The molecule has 1 unspecified atom stereocenters. The summed E-state index contributed by atoms with van der Waals surface area (Å²) in [6, 6.07) is 5.28. The van der Waals surface area contributed by atoms with Crippen LogP contribution in [0.2, 0.25) is 0 Å². The molecule has 0 bridgehead atoms. The Labute approximate surface area is 92.1 Å². The van der Waals surface area contributed by atoms with E-state index in [4.69, 9.17) is 0 Å². The Hall–Kier alpha value is -1.10. The SMILES string of the molecule is OC(CCCC(F)(F)F)Cc1ccccn1. The van der Waals surface area contributed by atoms with Crippen molar-refractivity contribution in [2.75, 3.05) is 0 Å². The van der Waals surface area contributed by atoms with Crippen LogP contribution in [0, 0.1) is 0 Å². The first-order chi connectivity index (χ1) is 7.47. The molecule has 16 heavy (non-hydrogen) atoms. The molecule has 0 aliphatic heterocycles. The standard InChI is InChI=1S/C11H14F3NO/c12-11(13,14)6-3-5-10(16)8-9-4-1-2-7-15-9/h1-2,4,7,10,16H,3,5-6,8H2. The highest BCUT2D eigenvalue weighted by molar-refractivity contribution is 5.04. The second kappa shape index (κ2) is 5.84. The van der Waals surface area contributed by atoms with Crippen LogP contribution in [0.3, 0.4) is 0 Å². The van der Waals surface area contributed by atoms with Crippen molar-refractivity contribution in [3.05, 3.63) is 30.1 Å². The quantitative estimate of drug-likeness (QED) is 0.848. The Morgan fingerprint density at radius 2 is 2.06 bits per heavy atom. The number of halogens is 3. The highest BCUT2D eigenvalue weighted by atomic mass is 19.4. The maximum absolute atomic E-state index is 11.8. The molecule has 2 nitrogen and oxygen atoms in total. The van der Waals surface area contributed by atoms with Crippen LogP contribution < -0.4 is 0 Å². The summed E-state index contributed by atoms with van der Waals surface area (Å²) in [5, 5.41) is 9.49. The molecule has 0 fully saturated rings. The van der Waals surface area contributed by atoms with E-state index in [-0.39, 0.29) is 12.8 Å². The molecule has 0 saturated carbocycles. The largest absolute Gasteiger partial charge is 0.393 e. The molecule has 0 spiro atoms. The van der Waals surface area contributed by atoms with Crippen molar-refractivity contribution < 1.29 is 18.3 Å². The van der Waals surface area contributed by atoms with E-state index in [9.17, 15) is 18.3 Å². The molecule has 0 aliphatic carbocycles. The minimum atomic E-state index is -4.13. The Balaban J connectivity index is 2.24. The number of pyridine rings is 1. The predicted octanol–water partition coefficient (Wildman–Crippen LogP) is 2.72. The first-order valence-electron chi connectivity index (χ1n) is 5.12. The van der Waals surface area contributed by atoms with Gasteiger partial charge in [0.05, 0.1) is 6.10 Å². The van der Waals surface area contributed by atoms with Gasteiger partial charge >= 0.3 is 6.18 Å². The molecular formula is C11H14F3NO. The number of aromatic nitrogens is 1. The maximum Gasteiger partial charge on any atom is 0.389 e. The van der Waals surface area contributed by atoms with E-state index in [1.54, 1.807) is 24.4 Å². The molecule has 0 amide bonds. The highest BCUT2D eigenvalue weighted by Crippen LogP contribution is 2.23. The predicted molar refractivity (Wildman–Crippen MR) is 53.9 cm³/mol. The molecule has 5 heteroatoms.